The highest BCUT2D eigenvalue weighted by molar-refractivity contribution is 9.10. The average molecular weight is 361 g/mol. The fourth-order valence-electron chi connectivity index (χ4n) is 1.98. The maximum absolute atomic E-state index is 12.1. The molecule has 2 rings (SSSR count). The van der Waals surface area contributed by atoms with Crippen molar-refractivity contribution < 1.29 is 9.59 Å². The van der Waals surface area contributed by atoms with Crippen molar-refractivity contribution in [2.24, 2.45) is 0 Å². The number of benzene rings is 2. The van der Waals surface area contributed by atoms with E-state index in [0.717, 1.165) is 15.7 Å². The van der Waals surface area contributed by atoms with Gasteiger partial charge in [-0.05, 0) is 29.8 Å². The van der Waals surface area contributed by atoms with E-state index in [1.54, 1.807) is 7.05 Å². The molecule has 0 fully saturated rings. The number of nitrogens with one attached hydrogen (secondary N) is 1. The largest absolute Gasteiger partial charge is 0.347 e. The Kier molecular flexibility index (Phi) is 5.72. The molecule has 0 saturated carbocycles. The summed E-state index contributed by atoms with van der Waals surface area (Å²) in [6.07, 6.45) is 0.252. The standard InChI is InChI=1S/C17H17BrN2O2/c1-20(15-8-3-2-4-9-15)17(22)12-19-16(21)11-13-6-5-7-14(18)10-13/h2-10H,11-12H2,1H3,(H,19,21). The third kappa shape index (κ3) is 4.70. The molecule has 2 aromatic carbocycles. The number of hydrogen-bond acceptors (Lipinski definition) is 2. The molecular formula is C17H17BrN2O2. The highest BCUT2D eigenvalue weighted by atomic mass is 79.9. The van der Waals surface area contributed by atoms with Gasteiger partial charge in [-0.25, -0.2) is 0 Å². The van der Waals surface area contributed by atoms with E-state index in [0.29, 0.717) is 0 Å². The van der Waals surface area contributed by atoms with Gasteiger partial charge in [-0.15, -0.1) is 0 Å². The summed E-state index contributed by atoms with van der Waals surface area (Å²) < 4.78 is 0.928. The third-order valence-electron chi connectivity index (χ3n) is 3.21. The quantitative estimate of drug-likeness (QED) is 0.891. The smallest absolute Gasteiger partial charge is 0.246 e. The highest BCUT2D eigenvalue weighted by Gasteiger charge is 2.12. The summed E-state index contributed by atoms with van der Waals surface area (Å²) in [7, 11) is 1.69. The molecule has 0 aliphatic heterocycles. The lowest BCUT2D eigenvalue weighted by molar-refractivity contribution is -0.124. The second kappa shape index (κ2) is 7.75. The van der Waals surface area contributed by atoms with Gasteiger partial charge in [0.15, 0.2) is 0 Å². The van der Waals surface area contributed by atoms with Crippen LogP contribution in [-0.2, 0) is 16.0 Å². The Balaban J connectivity index is 1.84. The van der Waals surface area contributed by atoms with E-state index in [1.165, 1.54) is 4.90 Å². The lowest BCUT2D eigenvalue weighted by Crippen LogP contribution is -2.38. The van der Waals surface area contributed by atoms with E-state index in [2.05, 4.69) is 21.2 Å². The Morgan fingerprint density at radius 3 is 2.50 bits per heavy atom. The van der Waals surface area contributed by atoms with Crippen LogP contribution in [0, 0.1) is 0 Å². The summed E-state index contributed by atoms with van der Waals surface area (Å²) in [5.41, 5.74) is 1.70. The van der Waals surface area contributed by atoms with E-state index in [-0.39, 0.29) is 24.8 Å². The van der Waals surface area contributed by atoms with Crippen molar-refractivity contribution in [3.63, 3.8) is 0 Å². The van der Waals surface area contributed by atoms with Crippen LogP contribution in [0.3, 0.4) is 0 Å². The first-order valence-electron chi connectivity index (χ1n) is 6.89. The lowest BCUT2D eigenvalue weighted by atomic mass is 10.1. The average Bonchev–Trinajstić information content (AvgIpc) is 2.52. The van der Waals surface area contributed by atoms with Crippen LogP contribution >= 0.6 is 15.9 Å². The Morgan fingerprint density at radius 1 is 1.09 bits per heavy atom. The maximum atomic E-state index is 12.1. The molecule has 22 heavy (non-hydrogen) atoms. The zero-order valence-corrected chi connectivity index (χ0v) is 13.8. The fourth-order valence-corrected chi connectivity index (χ4v) is 2.43. The summed E-state index contributed by atoms with van der Waals surface area (Å²) in [6, 6.07) is 16.9. The minimum atomic E-state index is -0.173. The van der Waals surface area contributed by atoms with Gasteiger partial charge in [-0.3, -0.25) is 9.59 Å². The molecule has 0 aliphatic carbocycles. The Hall–Kier alpha value is -2.14. The summed E-state index contributed by atoms with van der Waals surface area (Å²) in [5, 5.41) is 2.66. The zero-order valence-electron chi connectivity index (χ0n) is 12.3. The number of amides is 2. The number of anilines is 1. The number of halogens is 1. The van der Waals surface area contributed by atoms with Gasteiger partial charge in [-0.2, -0.15) is 0 Å². The Bertz CT molecular complexity index is 659. The molecule has 114 valence electrons. The number of hydrogen-bond donors (Lipinski definition) is 1. The molecule has 0 atom stereocenters. The second-order valence-corrected chi connectivity index (χ2v) is 5.79. The van der Waals surface area contributed by atoms with Gasteiger partial charge < -0.3 is 10.2 Å². The van der Waals surface area contributed by atoms with E-state index in [4.69, 9.17) is 0 Å². The van der Waals surface area contributed by atoms with Gasteiger partial charge in [0.1, 0.15) is 0 Å². The van der Waals surface area contributed by atoms with Crippen LogP contribution in [0.1, 0.15) is 5.56 Å². The number of likely N-dealkylation sites (N-methyl/N-ethyl adjacent to an activating group) is 1. The van der Waals surface area contributed by atoms with E-state index >= 15 is 0 Å². The molecule has 2 amide bonds. The van der Waals surface area contributed by atoms with E-state index in [9.17, 15) is 9.59 Å². The van der Waals surface area contributed by atoms with Crippen molar-refractivity contribution >= 4 is 33.4 Å². The van der Waals surface area contributed by atoms with Crippen LogP contribution in [0.15, 0.2) is 59.1 Å². The Morgan fingerprint density at radius 2 is 1.82 bits per heavy atom. The zero-order chi connectivity index (χ0) is 15.9. The normalized spacial score (nSPS) is 10.1. The summed E-state index contributed by atoms with van der Waals surface area (Å²) in [4.78, 5) is 25.5. The van der Waals surface area contributed by atoms with Crippen molar-refractivity contribution in [3.05, 3.63) is 64.6 Å². The molecule has 0 saturated heterocycles. The van der Waals surface area contributed by atoms with Crippen LogP contribution in [-0.4, -0.2) is 25.4 Å². The number of para-hydroxylation sites is 1. The molecule has 1 N–H and O–H groups in total. The molecule has 0 unspecified atom stereocenters. The first-order valence-corrected chi connectivity index (χ1v) is 7.68. The molecule has 4 nitrogen and oxygen atoms in total. The topological polar surface area (TPSA) is 49.4 Å². The maximum Gasteiger partial charge on any atom is 0.246 e. The van der Waals surface area contributed by atoms with Crippen LogP contribution in [0.5, 0.6) is 0 Å². The molecule has 5 heteroatoms. The number of carbonyl (C=O) groups excluding carboxylic acids is 2. The monoisotopic (exact) mass is 360 g/mol. The molecule has 2 aromatic rings. The van der Waals surface area contributed by atoms with E-state index < -0.39 is 0 Å². The van der Waals surface area contributed by atoms with Gasteiger partial charge in [0, 0.05) is 17.2 Å². The van der Waals surface area contributed by atoms with Crippen molar-refractivity contribution in [1.29, 1.82) is 0 Å². The van der Waals surface area contributed by atoms with Gasteiger partial charge >= 0.3 is 0 Å². The van der Waals surface area contributed by atoms with Gasteiger partial charge in [0.05, 0.1) is 13.0 Å². The molecule has 0 heterocycles. The van der Waals surface area contributed by atoms with Crippen molar-refractivity contribution in [3.8, 4) is 0 Å². The van der Waals surface area contributed by atoms with Crippen LogP contribution in [0.25, 0.3) is 0 Å². The molecule has 0 bridgehead atoms. The van der Waals surface area contributed by atoms with Crippen LogP contribution in [0.4, 0.5) is 5.69 Å². The van der Waals surface area contributed by atoms with Gasteiger partial charge in [0.25, 0.3) is 0 Å². The third-order valence-corrected chi connectivity index (χ3v) is 3.70. The van der Waals surface area contributed by atoms with Crippen molar-refractivity contribution in [2.45, 2.75) is 6.42 Å². The summed E-state index contributed by atoms with van der Waals surface area (Å²) in [5.74, 6) is -0.332. The van der Waals surface area contributed by atoms with Crippen LogP contribution in [0.2, 0.25) is 0 Å². The molecule has 0 spiro atoms. The first kappa shape index (κ1) is 16.2. The highest BCUT2D eigenvalue weighted by Crippen LogP contribution is 2.12. The van der Waals surface area contributed by atoms with Gasteiger partial charge in [0.2, 0.25) is 11.8 Å². The minimum absolute atomic E-state index is 0.0156. The van der Waals surface area contributed by atoms with Crippen molar-refractivity contribution in [1.82, 2.24) is 5.32 Å². The fraction of sp³-hybridized carbons (Fsp3) is 0.176. The molecular weight excluding hydrogens is 344 g/mol. The molecule has 0 aliphatic rings. The summed E-state index contributed by atoms with van der Waals surface area (Å²) in [6.45, 7) is -0.0156. The lowest BCUT2D eigenvalue weighted by Gasteiger charge is -2.17. The molecule has 0 aromatic heterocycles. The first-order chi connectivity index (χ1) is 10.6. The Labute approximate surface area is 138 Å². The predicted molar refractivity (Wildman–Crippen MR) is 90.7 cm³/mol. The second-order valence-electron chi connectivity index (χ2n) is 4.87. The minimum Gasteiger partial charge on any atom is -0.347 e. The number of carbonyl (C=O) groups is 2. The van der Waals surface area contributed by atoms with E-state index in [1.807, 2.05) is 54.6 Å². The van der Waals surface area contributed by atoms with Crippen LogP contribution < -0.4 is 10.2 Å². The number of nitrogens with zero attached hydrogens (tertiary/aromatic N) is 1. The SMILES string of the molecule is CN(C(=O)CNC(=O)Cc1cccc(Br)c1)c1ccccc1. The predicted octanol–water partition coefficient (Wildman–Crippen LogP) is 2.77. The van der Waals surface area contributed by atoms with Crippen molar-refractivity contribution in [2.75, 3.05) is 18.5 Å². The summed E-state index contributed by atoms with van der Waals surface area (Å²) >= 11 is 3.37. The van der Waals surface area contributed by atoms with Gasteiger partial charge in [-0.1, -0.05) is 46.3 Å². The molecule has 0 radical (unpaired) electrons. The number of rotatable bonds is 5.